The van der Waals surface area contributed by atoms with Crippen molar-refractivity contribution in [1.29, 1.82) is 0 Å². The highest BCUT2D eigenvalue weighted by atomic mass is 14.4. The van der Waals surface area contributed by atoms with E-state index in [-0.39, 0.29) is 0 Å². The SMILES string of the molecule is CCCC1CC(CCC)C(C(C)CCC)C1. The van der Waals surface area contributed by atoms with Crippen molar-refractivity contribution < 1.29 is 0 Å². The number of rotatable bonds is 7. The van der Waals surface area contributed by atoms with Crippen molar-refractivity contribution in [1.82, 2.24) is 0 Å². The molecular formula is C16H32. The van der Waals surface area contributed by atoms with Crippen molar-refractivity contribution in [2.24, 2.45) is 23.7 Å². The Morgan fingerprint density at radius 2 is 1.62 bits per heavy atom. The van der Waals surface area contributed by atoms with Gasteiger partial charge >= 0.3 is 0 Å². The van der Waals surface area contributed by atoms with Crippen LogP contribution in [0.25, 0.3) is 0 Å². The Balaban J connectivity index is 2.50. The first-order valence-electron chi connectivity index (χ1n) is 7.72. The van der Waals surface area contributed by atoms with Crippen LogP contribution in [0, 0.1) is 23.7 Å². The van der Waals surface area contributed by atoms with Crippen LogP contribution in [-0.2, 0) is 0 Å². The Kier molecular flexibility index (Phi) is 6.46. The maximum atomic E-state index is 2.51. The molecule has 1 saturated carbocycles. The third-order valence-corrected chi connectivity index (χ3v) is 4.68. The fourth-order valence-electron chi connectivity index (χ4n) is 3.99. The van der Waals surface area contributed by atoms with Crippen molar-refractivity contribution in [3.05, 3.63) is 0 Å². The van der Waals surface area contributed by atoms with Gasteiger partial charge in [-0.3, -0.25) is 0 Å². The monoisotopic (exact) mass is 224 g/mol. The summed E-state index contributed by atoms with van der Waals surface area (Å²) in [5.41, 5.74) is 0. The molecular weight excluding hydrogens is 192 g/mol. The second-order valence-corrected chi connectivity index (χ2v) is 6.10. The van der Waals surface area contributed by atoms with E-state index < -0.39 is 0 Å². The van der Waals surface area contributed by atoms with Crippen LogP contribution < -0.4 is 0 Å². The first kappa shape index (κ1) is 14.1. The molecule has 0 amide bonds. The molecule has 0 radical (unpaired) electrons. The van der Waals surface area contributed by atoms with Gasteiger partial charge in [0.05, 0.1) is 0 Å². The van der Waals surface area contributed by atoms with Crippen molar-refractivity contribution in [3.63, 3.8) is 0 Å². The Morgan fingerprint density at radius 1 is 0.938 bits per heavy atom. The van der Waals surface area contributed by atoms with Gasteiger partial charge in [0.2, 0.25) is 0 Å². The van der Waals surface area contributed by atoms with Gasteiger partial charge < -0.3 is 0 Å². The van der Waals surface area contributed by atoms with Crippen LogP contribution >= 0.6 is 0 Å². The van der Waals surface area contributed by atoms with Crippen LogP contribution in [0.15, 0.2) is 0 Å². The van der Waals surface area contributed by atoms with Gasteiger partial charge in [0.15, 0.2) is 0 Å². The Hall–Kier alpha value is 0. The van der Waals surface area contributed by atoms with Gasteiger partial charge in [-0.1, -0.05) is 66.2 Å². The molecule has 0 aliphatic heterocycles. The minimum Gasteiger partial charge on any atom is -0.0654 e. The Bertz CT molecular complexity index is 173. The molecule has 4 unspecified atom stereocenters. The lowest BCUT2D eigenvalue weighted by Crippen LogP contribution is -2.16. The molecule has 0 heterocycles. The predicted octanol–water partition coefficient (Wildman–Crippen LogP) is 5.67. The summed E-state index contributed by atoms with van der Waals surface area (Å²) >= 11 is 0. The van der Waals surface area contributed by atoms with Crippen molar-refractivity contribution >= 4 is 0 Å². The predicted molar refractivity (Wildman–Crippen MR) is 73.6 cm³/mol. The Morgan fingerprint density at radius 3 is 2.19 bits per heavy atom. The highest BCUT2D eigenvalue weighted by Crippen LogP contribution is 2.45. The van der Waals surface area contributed by atoms with Crippen molar-refractivity contribution in [2.45, 2.75) is 79.1 Å². The zero-order valence-electron chi connectivity index (χ0n) is 12.0. The van der Waals surface area contributed by atoms with Gasteiger partial charge in [0.1, 0.15) is 0 Å². The molecule has 0 aromatic carbocycles. The molecule has 4 atom stereocenters. The average molecular weight is 224 g/mol. The van der Waals surface area contributed by atoms with Gasteiger partial charge in [0.25, 0.3) is 0 Å². The summed E-state index contributed by atoms with van der Waals surface area (Å²) in [6.45, 7) is 9.54. The molecule has 0 nitrogen and oxygen atoms in total. The molecule has 0 spiro atoms. The lowest BCUT2D eigenvalue weighted by atomic mass is 9.80. The second kappa shape index (κ2) is 7.35. The standard InChI is InChI=1S/C16H32/c1-5-8-13(4)16-12-14(9-6-2)11-15(16)10-7-3/h13-16H,5-12H2,1-4H3. The van der Waals surface area contributed by atoms with Gasteiger partial charge in [-0.25, -0.2) is 0 Å². The summed E-state index contributed by atoms with van der Waals surface area (Å²) in [7, 11) is 0. The summed E-state index contributed by atoms with van der Waals surface area (Å²) in [6, 6.07) is 0. The van der Waals surface area contributed by atoms with E-state index in [0.717, 1.165) is 23.7 Å². The summed E-state index contributed by atoms with van der Waals surface area (Å²) in [4.78, 5) is 0. The van der Waals surface area contributed by atoms with Crippen molar-refractivity contribution in [3.8, 4) is 0 Å². The first-order valence-corrected chi connectivity index (χ1v) is 7.72. The largest absolute Gasteiger partial charge is 0.0654 e. The second-order valence-electron chi connectivity index (χ2n) is 6.10. The molecule has 0 aromatic heterocycles. The van der Waals surface area contributed by atoms with E-state index in [0.29, 0.717) is 0 Å². The van der Waals surface area contributed by atoms with Gasteiger partial charge in [-0.2, -0.15) is 0 Å². The molecule has 16 heavy (non-hydrogen) atoms. The first-order chi connectivity index (χ1) is 7.72. The van der Waals surface area contributed by atoms with Crippen LogP contribution in [0.1, 0.15) is 79.1 Å². The molecule has 1 aliphatic carbocycles. The summed E-state index contributed by atoms with van der Waals surface area (Å²) in [5, 5.41) is 0. The lowest BCUT2D eigenvalue weighted by Gasteiger charge is -2.25. The van der Waals surface area contributed by atoms with Crippen molar-refractivity contribution in [2.75, 3.05) is 0 Å². The third-order valence-electron chi connectivity index (χ3n) is 4.68. The third kappa shape index (κ3) is 3.79. The zero-order chi connectivity index (χ0) is 12.0. The molecule has 1 aliphatic rings. The van der Waals surface area contributed by atoms with Gasteiger partial charge in [-0.15, -0.1) is 0 Å². The van der Waals surface area contributed by atoms with Crippen LogP contribution in [0.4, 0.5) is 0 Å². The summed E-state index contributed by atoms with van der Waals surface area (Å²) in [6.07, 6.45) is 11.6. The molecule has 0 N–H and O–H groups in total. The highest BCUT2D eigenvalue weighted by molar-refractivity contribution is 4.85. The van der Waals surface area contributed by atoms with E-state index >= 15 is 0 Å². The normalized spacial score (nSPS) is 31.9. The molecule has 0 heteroatoms. The fourth-order valence-corrected chi connectivity index (χ4v) is 3.99. The van der Waals surface area contributed by atoms with E-state index in [4.69, 9.17) is 0 Å². The van der Waals surface area contributed by atoms with Crippen LogP contribution in [0.2, 0.25) is 0 Å². The smallest absolute Gasteiger partial charge is 0.0357 e. The molecule has 0 aromatic rings. The maximum absolute atomic E-state index is 2.51. The molecule has 0 bridgehead atoms. The van der Waals surface area contributed by atoms with E-state index in [9.17, 15) is 0 Å². The fraction of sp³-hybridized carbons (Fsp3) is 1.00. The van der Waals surface area contributed by atoms with E-state index in [1.165, 1.54) is 38.5 Å². The minimum absolute atomic E-state index is 0.975. The molecule has 1 rings (SSSR count). The highest BCUT2D eigenvalue weighted by Gasteiger charge is 2.35. The summed E-state index contributed by atoms with van der Waals surface area (Å²) in [5.74, 6) is 4.15. The van der Waals surface area contributed by atoms with E-state index in [2.05, 4.69) is 27.7 Å². The van der Waals surface area contributed by atoms with Crippen LogP contribution in [0.5, 0.6) is 0 Å². The Labute approximate surface area is 103 Å². The van der Waals surface area contributed by atoms with Gasteiger partial charge in [-0.05, 0) is 36.5 Å². The molecule has 0 saturated heterocycles. The molecule has 1 fully saturated rings. The molecule has 96 valence electrons. The van der Waals surface area contributed by atoms with E-state index in [1.807, 2.05) is 0 Å². The summed E-state index contributed by atoms with van der Waals surface area (Å²) < 4.78 is 0. The number of hydrogen-bond acceptors (Lipinski definition) is 0. The van der Waals surface area contributed by atoms with Crippen LogP contribution in [0.3, 0.4) is 0 Å². The minimum atomic E-state index is 0.975. The maximum Gasteiger partial charge on any atom is -0.0357 e. The zero-order valence-corrected chi connectivity index (χ0v) is 12.0. The average Bonchev–Trinajstić information content (AvgIpc) is 2.63. The topological polar surface area (TPSA) is 0 Å². The van der Waals surface area contributed by atoms with E-state index in [1.54, 1.807) is 12.8 Å². The quantitative estimate of drug-likeness (QED) is 0.523. The lowest BCUT2D eigenvalue weighted by molar-refractivity contribution is 0.250. The van der Waals surface area contributed by atoms with Crippen LogP contribution in [-0.4, -0.2) is 0 Å². The van der Waals surface area contributed by atoms with Gasteiger partial charge in [0, 0.05) is 0 Å². The number of hydrogen-bond donors (Lipinski definition) is 0.